The highest BCUT2D eigenvalue weighted by Gasteiger charge is 2.18. The molecule has 0 aliphatic heterocycles. The molecular weight excluding hydrogens is 300 g/mol. The lowest BCUT2D eigenvalue weighted by molar-refractivity contribution is 0.103. The van der Waals surface area contributed by atoms with Gasteiger partial charge < -0.3 is 4.74 Å². The van der Waals surface area contributed by atoms with Gasteiger partial charge in [-0.3, -0.25) is 9.59 Å². The van der Waals surface area contributed by atoms with Crippen LogP contribution in [0.2, 0.25) is 0 Å². The van der Waals surface area contributed by atoms with Crippen molar-refractivity contribution in [2.24, 2.45) is 0 Å². The number of methoxy groups -OCH3 is 1. The van der Waals surface area contributed by atoms with E-state index in [9.17, 15) is 9.59 Å². The molecule has 0 unspecified atom stereocenters. The lowest BCUT2D eigenvalue weighted by atomic mass is 9.96. The van der Waals surface area contributed by atoms with Crippen LogP contribution >= 0.6 is 0 Å². The van der Waals surface area contributed by atoms with E-state index in [0.29, 0.717) is 28.0 Å². The van der Waals surface area contributed by atoms with Crippen molar-refractivity contribution in [3.63, 3.8) is 0 Å². The van der Waals surface area contributed by atoms with Gasteiger partial charge >= 0.3 is 0 Å². The maximum atomic E-state index is 12.7. The number of ketones is 2. The van der Waals surface area contributed by atoms with Gasteiger partial charge in [-0.2, -0.15) is 0 Å². The van der Waals surface area contributed by atoms with E-state index in [1.165, 1.54) is 7.11 Å². The van der Waals surface area contributed by atoms with Crippen LogP contribution in [0.3, 0.4) is 0 Å². The second-order valence-electron chi connectivity index (χ2n) is 5.31. The van der Waals surface area contributed by atoms with Gasteiger partial charge in [-0.15, -0.1) is 0 Å². The minimum absolute atomic E-state index is 0.125. The van der Waals surface area contributed by atoms with Gasteiger partial charge in [0.05, 0.1) is 12.7 Å². The summed E-state index contributed by atoms with van der Waals surface area (Å²) in [6.45, 7) is 0. The van der Waals surface area contributed by atoms with E-state index < -0.39 is 0 Å². The van der Waals surface area contributed by atoms with E-state index in [0.717, 1.165) is 0 Å². The predicted molar refractivity (Wildman–Crippen MR) is 92.7 cm³/mol. The van der Waals surface area contributed by atoms with E-state index in [1.807, 2.05) is 24.3 Å². The Bertz CT molecular complexity index is 868. The molecule has 118 valence electrons. The summed E-state index contributed by atoms with van der Waals surface area (Å²) >= 11 is 0. The first-order chi connectivity index (χ1) is 11.7. The topological polar surface area (TPSA) is 43.4 Å². The molecule has 3 nitrogen and oxygen atoms in total. The molecule has 3 rings (SSSR count). The highest BCUT2D eigenvalue weighted by Crippen LogP contribution is 2.24. The van der Waals surface area contributed by atoms with Crippen LogP contribution in [0, 0.1) is 0 Å². The monoisotopic (exact) mass is 316 g/mol. The van der Waals surface area contributed by atoms with Gasteiger partial charge in [0.1, 0.15) is 5.75 Å². The summed E-state index contributed by atoms with van der Waals surface area (Å²) in [7, 11) is 1.51. The maximum Gasteiger partial charge on any atom is 0.196 e. The van der Waals surface area contributed by atoms with Gasteiger partial charge in [0.2, 0.25) is 0 Å². The quantitative estimate of drug-likeness (QED) is 0.664. The Hall–Kier alpha value is -3.20. The van der Waals surface area contributed by atoms with Gasteiger partial charge in [-0.25, -0.2) is 0 Å². The molecule has 0 aromatic heterocycles. The van der Waals surface area contributed by atoms with Crippen LogP contribution in [0.15, 0.2) is 78.9 Å². The number of ether oxygens (including phenoxy) is 1. The summed E-state index contributed by atoms with van der Waals surface area (Å²) in [5, 5.41) is 0. The number of benzene rings is 3. The van der Waals surface area contributed by atoms with E-state index in [2.05, 4.69) is 0 Å². The molecule has 3 aromatic rings. The van der Waals surface area contributed by atoms with Crippen LogP contribution in [-0.2, 0) is 0 Å². The Kier molecular flexibility index (Phi) is 4.52. The average molecular weight is 316 g/mol. The lowest BCUT2D eigenvalue weighted by Gasteiger charge is -2.10. The van der Waals surface area contributed by atoms with Crippen molar-refractivity contribution in [2.45, 2.75) is 0 Å². The fraction of sp³-hybridized carbons (Fsp3) is 0.0476. The van der Waals surface area contributed by atoms with Gasteiger partial charge in [0.15, 0.2) is 11.6 Å². The van der Waals surface area contributed by atoms with E-state index in [-0.39, 0.29) is 11.6 Å². The Labute approximate surface area is 140 Å². The summed E-state index contributed by atoms with van der Waals surface area (Å²) in [5.74, 6) is 0.156. The van der Waals surface area contributed by atoms with Crippen LogP contribution in [-0.4, -0.2) is 18.7 Å². The molecule has 0 atom stereocenters. The summed E-state index contributed by atoms with van der Waals surface area (Å²) in [4.78, 5) is 25.4. The molecule has 0 aliphatic rings. The van der Waals surface area contributed by atoms with Gasteiger partial charge in [-0.1, -0.05) is 60.7 Å². The van der Waals surface area contributed by atoms with Crippen LogP contribution in [0.4, 0.5) is 0 Å². The first-order valence-electron chi connectivity index (χ1n) is 7.58. The Balaban J connectivity index is 2.03. The molecular formula is C21H16O3. The predicted octanol–water partition coefficient (Wildman–Crippen LogP) is 4.16. The van der Waals surface area contributed by atoms with E-state index in [4.69, 9.17) is 4.74 Å². The van der Waals surface area contributed by atoms with Crippen molar-refractivity contribution >= 4 is 11.6 Å². The lowest BCUT2D eigenvalue weighted by Crippen LogP contribution is -2.07. The number of hydrogen-bond donors (Lipinski definition) is 0. The Morgan fingerprint density at radius 3 is 1.75 bits per heavy atom. The minimum atomic E-state index is -0.171. The molecule has 0 bridgehead atoms. The Morgan fingerprint density at radius 1 is 0.667 bits per heavy atom. The maximum absolute atomic E-state index is 12.7. The fourth-order valence-electron chi connectivity index (χ4n) is 2.53. The van der Waals surface area contributed by atoms with Crippen LogP contribution in [0.1, 0.15) is 31.8 Å². The third-order valence-corrected chi connectivity index (χ3v) is 3.78. The van der Waals surface area contributed by atoms with Crippen molar-refractivity contribution in [3.8, 4) is 5.75 Å². The van der Waals surface area contributed by atoms with E-state index in [1.54, 1.807) is 54.6 Å². The zero-order valence-corrected chi connectivity index (χ0v) is 13.2. The zero-order valence-electron chi connectivity index (χ0n) is 13.2. The molecule has 0 saturated carbocycles. The second-order valence-corrected chi connectivity index (χ2v) is 5.31. The number of hydrogen-bond acceptors (Lipinski definition) is 3. The van der Waals surface area contributed by atoms with Gasteiger partial charge in [0.25, 0.3) is 0 Å². The minimum Gasteiger partial charge on any atom is -0.496 e. The SMILES string of the molecule is COc1ccc(C(=O)c2ccccc2)cc1C(=O)c1ccccc1. The van der Waals surface area contributed by atoms with Gasteiger partial charge in [0, 0.05) is 16.7 Å². The van der Waals surface area contributed by atoms with Crippen molar-refractivity contribution in [1.29, 1.82) is 0 Å². The largest absolute Gasteiger partial charge is 0.496 e. The van der Waals surface area contributed by atoms with Crippen molar-refractivity contribution < 1.29 is 14.3 Å². The smallest absolute Gasteiger partial charge is 0.196 e. The third-order valence-electron chi connectivity index (χ3n) is 3.78. The molecule has 0 fully saturated rings. The normalized spacial score (nSPS) is 10.2. The number of rotatable bonds is 5. The molecule has 3 heteroatoms. The molecule has 0 aliphatic carbocycles. The fourth-order valence-corrected chi connectivity index (χ4v) is 2.53. The summed E-state index contributed by atoms with van der Waals surface area (Å²) < 4.78 is 5.30. The summed E-state index contributed by atoms with van der Waals surface area (Å²) in [6, 6.07) is 22.9. The molecule has 24 heavy (non-hydrogen) atoms. The van der Waals surface area contributed by atoms with Gasteiger partial charge in [-0.05, 0) is 18.2 Å². The van der Waals surface area contributed by atoms with E-state index >= 15 is 0 Å². The van der Waals surface area contributed by atoms with Crippen molar-refractivity contribution in [2.75, 3.05) is 7.11 Å². The first kappa shape index (κ1) is 15.7. The van der Waals surface area contributed by atoms with Crippen molar-refractivity contribution in [3.05, 3.63) is 101 Å². The molecule has 3 aromatic carbocycles. The van der Waals surface area contributed by atoms with Crippen LogP contribution in [0.5, 0.6) is 5.75 Å². The van der Waals surface area contributed by atoms with Crippen LogP contribution < -0.4 is 4.74 Å². The third kappa shape index (κ3) is 3.10. The molecule has 0 spiro atoms. The zero-order chi connectivity index (χ0) is 16.9. The molecule has 0 heterocycles. The highest BCUT2D eigenvalue weighted by molar-refractivity contribution is 6.14. The molecule has 0 N–H and O–H groups in total. The average Bonchev–Trinajstić information content (AvgIpc) is 2.67. The summed E-state index contributed by atoms with van der Waals surface area (Å²) in [6.07, 6.45) is 0. The first-order valence-corrected chi connectivity index (χ1v) is 7.58. The standard InChI is InChI=1S/C21H16O3/c1-24-19-13-12-17(20(22)15-8-4-2-5-9-15)14-18(19)21(23)16-10-6-3-7-11-16/h2-14H,1H3. The second kappa shape index (κ2) is 6.92. The van der Waals surface area contributed by atoms with Crippen molar-refractivity contribution in [1.82, 2.24) is 0 Å². The Morgan fingerprint density at radius 2 is 1.21 bits per heavy atom. The molecule has 0 radical (unpaired) electrons. The van der Waals surface area contributed by atoms with Crippen LogP contribution in [0.25, 0.3) is 0 Å². The summed E-state index contributed by atoms with van der Waals surface area (Å²) in [5.41, 5.74) is 1.98. The number of carbonyl (C=O) groups is 2. The molecule has 0 saturated heterocycles. The highest BCUT2D eigenvalue weighted by atomic mass is 16.5. The number of carbonyl (C=O) groups excluding carboxylic acids is 2. The molecule has 0 amide bonds.